The fraction of sp³-hybridized carbons (Fsp3) is 0.333. The molecule has 1 aromatic rings. The van der Waals surface area contributed by atoms with Crippen LogP contribution in [-0.4, -0.2) is 41.5 Å². The highest BCUT2D eigenvalue weighted by molar-refractivity contribution is 5.79. The van der Waals surface area contributed by atoms with Crippen molar-refractivity contribution in [3.63, 3.8) is 0 Å². The Hall–Kier alpha value is -2.21. The van der Waals surface area contributed by atoms with Crippen LogP contribution >= 0.6 is 0 Å². The molecule has 1 rings (SSSR count). The molecule has 0 saturated heterocycles. The van der Waals surface area contributed by atoms with E-state index in [1.165, 1.54) is 17.0 Å². The topological polar surface area (TPSA) is 69.6 Å². The third-order valence-electron chi connectivity index (χ3n) is 2.84. The van der Waals surface area contributed by atoms with Gasteiger partial charge in [-0.2, -0.15) is 0 Å². The minimum absolute atomic E-state index is 0.0489. The number of aliphatic carboxylic acids is 1. The van der Waals surface area contributed by atoms with Crippen molar-refractivity contribution in [2.24, 2.45) is 0 Å². The number of benzene rings is 1. The number of nitrogens with one attached hydrogen (secondary N) is 1. The Morgan fingerprint density at radius 1 is 1.43 bits per heavy atom. The predicted octanol–water partition coefficient (Wildman–Crippen LogP) is 1.32. The first-order valence-electron chi connectivity index (χ1n) is 6.49. The molecule has 5 nitrogen and oxygen atoms in total. The Morgan fingerprint density at radius 2 is 2.14 bits per heavy atom. The molecule has 0 heterocycles. The van der Waals surface area contributed by atoms with Crippen molar-refractivity contribution in [1.29, 1.82) is 0 Å². The van der Waals surface area contributed by atoms with E-state index in [4.69, 9.17) is 5.11 Å². The summed E-state index contributed by atoms with van der Waals surface area (Å²) in [4.78, 5) is 23.9. The fourth-order valence-corrected chi connectivity index (χ4v) is 1.76. The lowest BCUT2D eigenvalue weighted by Crippen LogP contribution is -2.39. The van der Waals surface area contributed by atoms with Crippen LogP contribution in [0.5, 0.6) is 0 Å². The first-order valence-corrected chi connectivity index (χ1v) is 6.49. The smallest absolute Gasteiger partial charge is 0.317 e. The van der Waals surface area contributed by atoms with Crippen molar-refractivity contribution in [1.82, 2.24) is 10.2 Å². The van der Waals surface area contributed by atoms with E-state index in [1.807, 2.05) is 0 Å². The average molecular weight is 294 g/mol. The zero-order valence-corrected chi connectivity index (χ0v) is 11.9. The Labute approximate surface area is 123 Å². The SMILES string of the molecule is C=CCN(CC(=O)O)CC(=O)NCc1ccc(C)c(F)c1. The minimum Gasteiger partial charge on any atom is -0.480 e. The predicted molar refractivity (Wildman–Crippen MR) is 77.3 cm³/mol. The molecule has 0 atom stereocenters. The summed E-state index contributed by atoms with van der Waals surface area (Å²) in [5.41, 5.74) is 1.20. The van der Waals surface area contributed by atoms with Crippen molar-refractivity contribution < 1.29 is 19.1 Å². The summed E-state index contributed by atoms with van der Waals surface area (Å²) in [5, 5.41) is 11.4. The molecule has 2 N–H and O–H groups in total. The van der Waals surface area contributed by atoms with E-state index in [1.54, 1.807) is 19.1 Å². The van der Waals surface area contributed by atoms with Crippen LogP contribution in [-0.2, 0) is 16.1 Å². The number of halogens is 1. The summed E-state index contributed by atoms with van der Waals surface area (Å²) in [5.74, 6) is -1.65. The zero-order valence-electron chi connectivity index (χ0n) is 11.9. The van der Waals surface area contributed by atoms with E-state index >= 15 is 0 Å². The largest absolute Gasteiger partial charge is 0.480 e. The van der Waals surface area contributed by atoms with Gasteiger partial charge in [0.05, 0.1) is 13.1 Å². The summed E-state index contributed by atoms with van der Waals surface area (Å²) in [6.45, 7) is 5.40. The number of hydrogen-bond donors (Lipinski definition) is 2. The number of carbonyl (C=O) groups is 2. The average Bonchev–Trinajstić information content (AvgIpc) is 2.39. The first-order chi connectivity index (χ1) is 9.92. The Balaban J connectivity index is 2.49. The van der Waals surface area contributed by atoms with Crippen LogP contribution in [0.3, 0.4) is 0 Å². The van der Waals surface area contributed by atoms with Crippen molar-refractivity contribution >= 4 is 11.9 Å². The lowest BCUT2D eigenvalue weighted by Gasteiger charge is -2.17. The Kier molecular flexibility index (Phi) is 6.55. The van der Waals surface area contributed by atoms with Crippen molar-refractivity contribution in [3.8, 4) is 0 Å². The van der Waals surface area contributed by atoms with Crippen LogP contribution in [0, 0.1) is 12.7 Å². The monoisotopic (exact) mass is 294 g/mol. The van der Waals surface area contributed by atoms with Gasteiger partial charge >= 0.3 is 5.97 Å². The van der Waals surface area contributed by atoms with E-state index in [-0.39, 0.29) is 31.4 Å². The summed E-state index contributed by atoms with van der Waals surface area (Å²) < 4.78 is 13.4. The summed E-state index contributed by atoms with van der Waals surface area (Å²) in [6, 6.07) is 4.75. The minimum atomic E-state index is -1.01. The van der Waals surface area contributed by atoms with Crippen LogP contribution < -0.4 is 5.32 Å². The number of aryl methyl sites for hydroxylation is 1. The standard InChI is InChI=1S/C15H19FN2O3/c1-3-6-18(10-15(20)21)9-14(19)17-8-12-5-4-11(2)13(16)7-12/h3-5,7H,1,6,8-10H2,2H3,(H,17,19)(H,20,21). The van der Waals surface area contributed by atoms with Gasteiger partial charge in [0, 0.05) is 13.1 Å². The molecule has 0 saturated carbocycles. The van der Waals surface area contributed by atoms with Crippen LogP contribution in [0.15, 0.2) is 30.9 Å². The van der Waals surface area contributed by atoms with E-state index in [2.05, 4.69) is 11.9 Å². The molecule has 0 aliphatic rings. The van der Waals surface area contributed by atoms with E-state index < -0.39 is 5.97 Å². The molecule has 114 valence electrons. The number of carbonyl (C=O) groups excluding carboxylic acids is 1. The molecular weight excluding hydrogens is 275 g/mol. The van der Waals surface area contributed by atoms with Crippen LogP contribution in [0.25, 0.3) is 0 Å². The highest BCUT2D eigenvalue weighted by Crippen LogP contribution is 2.08. The van der Waals surface area contributed by atoms with Gasteiger partial charge in [-0.25, -0.2) is 4.39 Å². The van der Waals surface area contributed by atoms with Gasteiger partial charge in [-0.15, -0.1) is 6.58 Å². The number of carboxylic acid groups (broad SMARTS) is 1. The zero-order chi connectivity index (χ0) is 15.8. The van der Waals surface area contributed by atoms with Crippen LogP contribution in [0.1, 0.15) is 11.1 Å². The third-order valence-corrected chi connectivity index (χ3v) is 2.84. The molecule has 0 radical (unpaired) electrons. The second-order valence-corrected chi connectivity index (χ2v) is 4.71. The summed E-state index contributed by atoms with van der Waals surface area (Å²) in [7, 11) is 0. The highest BCUT2D eigenvalue weighted by Gasteiger charge is 2.12. The highest BCUT2D eigenvalue weighted by atomic mass is 19.1. The van der Waals surface area contributed by atoms with Gasteiger partial charge < -0.3 is 10.4 Å². The third kappa shape index (κ3) is 6.18. The van der Waals surface area contributed by atoms with Crippen molar-refractivity contribution in [2.75, 3.05) is 19.6 Å². The Bertz CT molecular complexity index is 532. The summed E-state index contributed by atoms with van der Waals surface area (Å²) >= 11 is 0. The molecule has 6 heteroatoms. The normalized spacial score (nSPS) is 10.4. The summed E-state index contributed by atoms with van der Waals surface area (Å²) in [6.07, 6.45) is 1.53. The number of hydrogen-bond acceptors (Lipinski definition) is 3. The number of carboxylic acids is 1. The lowest BCUT2D eigenvalue weighted by atomic mass is 10.1. The maximum Gasteiger partial charge on any atom is 0.317 e. The lowest BCUT2D eigenvalue weighted by molar-refractivity contribution is -0.138. The molecule has 0 aliphatic carbocycles. The van der Waals surface area contributed by atoms with E-state index in [9.17, 15) is 14.0 Å². The Morgan fingerprint density at radius 3 is 2.71 bits per heavy atom. The first kappa shape index (κ1) is 16.8. The molecule has 0 unspecified atom stereocenters. The van der Waals surface area contributed by atoms with Gasteiger partial charge in [0.1, 0.15) is 5.82 Å². The molecule has 0 fully saturated rings. The van der Waals surface area contributed by atoms with Crippen LogP contribution in [0.4, 0.5) is 4.39 Å². The molecule has 1 aromatic carbocycles. The van der Waals surface area contributed by atoms with Gasteiger partial charge in [-0.1, -0.05) is 18.2 Å². The van der Waals surface area contributed by atoms with Crippen molar-refractivity contribution in [2.45, 2.75) is 13.5 Å². The molecule has 21 heavy (non-hydrogen) atoms. The fourth-order valence-electron chi connectivity index (χ4n) is 1.76. The van der Waals surface area contributed by atoms with Gasteiger partial charge in [0.15, 0.2) is 0 Å². The molecular formula is C15H19FN2O3. The van der Waals surface area contributed by atoms with E-state index in [0.29, 0.717) is 17.7 Å². The maximum atomic E-state index is 13.4. The second-order valence-electron chi connectivity index (χ2n) is 4.71. The van der Waals surface area contributed by atoms with Gasteiger partial charge in [-0.05, 0) is 24.1 Å². The number of amides is 1. The molecule has 0 aromatic heterocycles. The van der Waals surface area contributed by atoms with E-state index in [0.717, 1.165) is 0 Å². The van der Waals surface area contributed by atoms with Gasteiger partial charge in [0.25, 0.3) is 0 Å². The molecule has 0 spiro atoms. The molecule has 0 bridgehead atoms. The maximum absolute atomic E-state index is 13.4. The van der Waals surface area contributed by atoms with Gasteiger partial charge in [-0.3, -0.25) is 14.5 Å². The van der Waals surface area contributed by atoms with Crippen LogP contribution in [0.2, 0.25) is 0 Å². The quantitative estimate of drug-likeness (QED) is 0.710. The molecule has 1 amide bonds. The molecule has 0 aliphatic heterocycles. The van der Waals surface area contributed by atoms with Gasteiger partial charge in [0.2, 0.25) is 5.91 Å². The number of rotatable bonds is 8. The van der Waals surface area contributed by atoms with Crippen molar-refractivity contribution in [3.05, 3.63) is 47.8 Å². The second kappa shape index (κ2) is 8.16. The number of nitrogens with zero attached hydrogens (tertiary/aromatic N) is 1.